The van der Waals surface area contributed by atoms with Gasteiger partial charge in [0, 0.05) is 21.6 Å². The second-order valence-electron chi connectivity index (χ2n) is 5.90. The summed E-state index contributed by atoms with van der Waals surface area (Å²) >= 11 is 1.89. The Morgan fingerprint density at radius 3 is 2.53 bits per heavy atom. The highest BCUT2D eigenvalue weighted by Gasteiger charge is 2.23. The van der Waals surface area contributed by atoms with Crippen molar-refractivity contribution in [1.29, 1.82) is 0 Å². The minimum atomic E-state index is 1.07. The number of nitrogen functional groups attached to an aromatic ring is 1. The lowest BCUT2D eigenvalue weighted by atomic mass is 9.94. The Morgan fingerprint density at radius 1 is 0.842 bits per heavy atom. The van der Waals surface area contributed by atoms with Crippen molar-refractivity contribution in [2.75, 3.05) is 5.73 Å². The molecule has 0 atom stereocenters. The van der Waals surface area contributed by atoms with Crippen LogP contribution in [0.15, 0.2) is 0 Å². The third-order valence-electron chi connectivity index (χ3n) is 4.67. The molecule has 0 radical (unpaired) electrons. The number of aromatic nitrogens is 1. The van der Waals surface area contributed by atoms with Crippen LogP contribution in [0, 0.1) is 0 Å². The zero-order valence-electron chi connectivity index (χ0n) is 11.3. The summed E-state index contributed by atoms with van der Waals surface area (Å²) in [6.45, 7) is 0. The van der Waals surface area contributed by atoms with Crippen molar-refractivity contribution in [1.82, 2.24) is 4.98 Å². The summed E-state index contributed by atoms with van der Waals surface area (Å²) < 4.78 is 0. The maximum absolute atomic E-state index is 6.54. The van der Waals surface area contributed by atoms with E-state index in [0.717, 1.165) is 18.5 Å². The zero-order chi connectivity index (χ0) is 12.8. The van der Waals surface area contributed by atoms with Gasteiger partial charge in [-0.3, -0.25) is 0 Å². The molecule has 0 aromatic carbocycles. The summed E-state index contributed by atoms with van der Waals surface area (Å²) in [5.41, 5.74) is 11.8. The van der Waals surface area contributed by atoms with E-state index >= 15 is 0 Å². The molecule has 0 bridgehead atoms. The van der Waals surface area contributed by atoms with Gasteiger partial charge in [0.2, 0.25) is 0 Å². The molecule has 0 fully saturated rings. The number of hydrogen-bond donors (Lipinski definition) is 1. The topological polar surface area (TPSA) is 38.9 Å². The molecule has 2 aromatic rings. The van der Waals surface area contributed by atoms with Crippen LogP contribution in [0.2, 0.25) is 0 Å². The second-order valence-corrected chi connectivity index (χ2v) is 6.99. The van der Waals surface area contributed by atoms with Crippen molar-refractivity contribution in [3.8, 4) is 0 Å². The summed E-state index contributed by atoms with van der Waals surface area (Å²) in [6.07, 6.45) is 11.2. The van der Waals surface area contributed by atoms with E-state index in [1.807, 2.05) is 11.3 Å². The molecule has 2 aliphatic carbocycles. The third kappa shape index (κ3) is 1.78. The van der Waals surface area contributed by atoms with Gasteiger partial charge in [0.05, 0.1) is 0 Å². The summed E-state index contributed by atoms with van der Waals surface area (Å²) in [7, 11) is 0. The normalized spacial score (nSPS) is 18.9. The molecule has 0 unspecified atom stereocenters. The Balaban J connectivity index is 1.96. The molecule has 3 heteroatoms. The Labute approximate surface area is 118 Å². The molecule has 2 aromatic heterocycles. The highest BCUT2D eigenvalue weighted by molar-refractivity contribution is 7.19. The lowest BCUT2D eigenvalue weighted by Gasteiger charge is -2.16. The van der Waals surface area contributed by atoms with Crippen LogP contribution in [-0.2, 0) is 25.7 Å². The van der Waals surface area contributed by atoms with Crippen LogP contribution in [0.1, 0.15) is 53.8 Å². The van der Waals surface area contributed by atoms with E-state index < -0.39 is 0 Å². The first-order valence-electron chi connectivity index (χ1n) is 7.56. The van der Waals surface area contributed by atoms with Gasteiger partial charge in [0.25, 0.3) is 0 Å². The second kappa shape index (κ2) is 4.48. The number of nitrogens with two attached hydrogens (primary N) is 1. The van der Waals surface area contributed by atoms with E-state index in [9.17, 15) is 0 Å². The number of thiophene rings is 1. The van der Waals surface area contributed by atoms with Gasteiger partial charge in [-0.2, -0.15) is 0 Å². The molecule has 2 nitrogen and oxygen atoms in total. The average Bonchev–Trinajstić information content (AvgIpc) is 2.91. The molecule has 0 spiro atoms. The van der Waals surface area contributed by atoms with E-state index in [4.69, 9.17) is 10.7 Å². The van der Waals surface area contributed by atoms with Crippen molar-refractivity contribution in [2.24, 2.45) is 0 Å². The molecule has 4 rings (SSSR count). The van der Waals surface area contributed by atoms with Crippen LogP contribution in [0.25, 0.3) is 10.2 Å². The smallest absolute Gasteiger partial charge is 0.126 e. The fraction of sp³-hybridized carbons (Fsp3) is 0.562. The van der Waals surface area contributed by atoms with E-state index in [2.05, 4.69) is 0 Å². The van der Waals surface area contributed by atoms with Gasteiger partial charge in [-0.1, -0.05) is 12.8 Å². The number of nitrogens with zero attached hydrogens (tertiary/aromatic N) is 1. The predicted octanol–water partition coefficient (Wildman–Crippen LogP) is 4.03. The standard InChI is InChI=1S/C16H20N2S/c17-15-10-6-3-1-2-4-8-12(10)18-16-14(15)11-7-5-9-13(11)19-16/h1-9H2,(H2,17,18). The molecule has 2 aliphatic rings. The molecular weight excluding hydrogens is 252 g/mol. The third-order valence-corrected chi connectivity index (χ3v) is 5.86. The van der Waals surface area contributed by atoms with Crippen LogP contribution in [0.4, 0.5) is 5.69 Å². The van der Waals surface area contributed by atoms with Crippen LogP contribution < -0.4 is 5.73 Å². The fourth-order valence-corrected chi connectivity index (χ4v) is 4.97. The largest absolute Gasteiger partial charge is 0.398 e. The van der Waals surface area contributed by atoms with Crippen molar-refractivity contribution < 1.29 is 0 Å². The number of hydrogen-bond acceptors (Lipinski definition) is 3. The highest BCUT2D eigenvalue weighted by atomic mass is 32.1. The maximum atomic E-state index is 6.54. The minimum absolute atomic E-state index is 1.07. The molecule has 2 N–H and O–H groups in total. The number of aryl methyl sites for hydroxylation is 3. The molecule has 19 heavy (non-hydrogen) atoms. The van der Waals surface area contributed by atoms with Crippen molar-refractivity contribution in [2.45, 2.75) is 57.8 Å². The van der Waals surface area contributed by atoms with E-state index in [1.54, 1.807) is 4.88 Å². The molecule has 2 heterocycles. The van der Waals surface area contributed by atoms with Gasteiger partial charge in [0.15, 0.2) is 0 Å². The Hall–Kier alpha value is -1.09. The fourth-order valence-electron chi connectivity index (χ4n) is 3.68. The molecule has 0 saturated carbocycles. The van der Waals surface area contributed by atoms with Crippen molar-refractivity contribution >= 4 is 27.2 Å². The van der Waals surface area contributed by atoms with Crippen LogP contribution >= 0.6 is 11.3 Å². The monoisotopic (exact) mass is 272 g/mol. The first-order valence-corrected chi connectivity index (χ1v) is 8.37. The molecule has 0 amide bonds. The minimum Gasteiger partial charge on any atom is -0.398 e. The highest BCUT2D eigenvalue weighted by Crippen LogP contribution is 2.41. The number of rotatable bonds is 0. The first-order chi connectivity index (χ1) is 9.34. The summed E-state index contributed by atoms with van der Waals surface area (Å²) in [4.78, 5) is 7.74. The van der Waals surface area contributed by atoms with Crippen LogP contribution in [0.3, 0.4) is 0 Å². The molecular formula is C16H20N2S. The number of fused-ring (bicyclic) bond motifs is 4. The summed E-state index contributed by atoms with van der Waals surface area (Å²) in [6, 6.07) is 0. The Morgan fingerprint density at radius 2 is 1.63 bits per heavy atom. The quantitative estimate of drug-likeness (QED) is 0.786. The lowest BCUT2D eigenvalue weighted by Crippen LogP contribution is -2.07. The molecule has 0 aliphatic heterocycles. The molecule has 100 valence electrons. The first kappa shape index (κ1) is 11.7. The van der Waals surface area contributed by atoms with E-state index in [-0.39, 0.29) is 0 Å². The summed E-state index contributed by atoms with van der Waals surface area (Å²) in [5, 5.41) is 1.32. The van der Waals surface area contributed by atoms with Gasteiger partial charge >= 0.3 is 0 Å². The number of anilines is 1. The van der Waals surface area contributed by atoms with E-state index in [1.165, 1.54) is 72.0 Å². The maximum Gasteiger partial charge on any atom is 0.126 e. The van der Waals surface area contributed by atoms with Crippen LogP contribution in [-0.4, -0.2) is 4.98 Å². The average molecular weight is 272 g/mol. The van der Waals surface area contributed by atoms with Gasteiger partial charge in [-0.15, -0.1) is 11.3 Å². The summed E-state index contributed by atoms with van der Waals surface area (Å²) in [5.74, 6) is 0. The van der Waals surface area contributed by atoms with Gasteiger partial charge in [0.1, 0.15) is 4.83 Å². The van der Waals surface area contributed by atoms with Gasteiger partial charge < -0.3 is 5.73 Å². The predicted molar refractivity (Wildman–Crippen MR) is 81.9 cm³/mol. The Kier molecular flexibility index (Phi) is 2.76. The van der Waals surface area contributed by atoms with E-state index in [0.29, 0.717) is 0 Å². The van der Waals surface area contributed by atoms with Gasteiger partial charge in [-0.05, 0) is 56.1 Å². The Bertz CT molecular complexity index is 642. The van der Waals surface area contributed by atoms with Crippen LogP contribution in [0.5, 0.6) is 0 Å². The van der Waals surface area contributed by atoms with Gasteiger partial charge in [-0.25, -0.2) is 4.98 Å². The lowest BCUT2D eigenvalue weighted by molar-refractivity contribution is 0.611. The van der Waals surface area contributed by atoms with Crippen molar-refractivity contribution in [3.63, 3.8) is 0 Å². The SMILES string of the molecule is Nc1c2c(nc3sc4c(c13)CCC4)CCCCCC2. The molecule has 0 saturated heterocycles. The number of pyridine rings is 1. The van der Waals surface area contributed by atoms with Crippen molar-refractivity contribution in [3.05, 3.63) is 21.7 Å². The zero-order valence-corrected chi connectivity index (χ0v) is 12.1.